The van der Waals surface area contributed by atoms with Gasteiger partial charge in [0.05, 0.1) is 24.2 Å². The van der Waals surface area contributed by atoms with Gasteiger partial charge >= 0.3 is 0 Å². The molecule has 4 nitrogen and oxygen atoms in total. The molecule has 0 bridgehead atoms. The van der Waals surface area contributed by atoms with Crippen molar-refractivity contribution in [3.05, 3.63) is 70.3 Å². The minimum atomic E-state index is -0.405. The number of nitrogens with zero attached hydrogens (tertiary/aromatic N) is 2. The van der Waals surface area contributed by atoms with Gasteiger partial charge in [0.2, 0.25) is 0 Å². The van der Waals surface area contributed by atoms with Crippen LogP contribution in [-0.2, 0) is 6.54 Å². The molecule has 7 heteroatoms. The molecule has 2 rings (SSSR count). The van der Waals surface area contributed by atoms with Crippen LogP contribution >= 0.6 is 24.0 Å². The van der Waals surface area contributed by atoms with Gasteiger partial charge in [-0.2, -0.15) is 5.26 Å². The Kier molecular flexibility index (Phi) is 9.15. The fourth-order valence-corrected chi connectivity index (χ4v) is 2.42. The number of halogens is 3. The molecule has 2 N–H and O–H groups in total. The summed E-state index contributed by atoms with van der Waals surface area (Å²) in [6, 6.07) is 11.1. The van der Waals surface area contributed by atoms with Crippen LogP contribution < -0.4 is 10.6 Å². The minimum Gasteiger partial charge on any atom is -0.357 e. The summed E-state index contributed by atoms with van der Waals surface area (Å²) in [5.41, 5.74) is 2.11. The van der Waals surface area contributed by atoms with E-state index in [0.717, 1.165) is 5.56 Å². The van der Waals surface area contributed by atoms with E-state index in [2.05, 4.69) is 15.6 Å². The SMILES string of the molecule is CCNC(=NCc1cc(C#N)ccc1F)NC(C)c1ccc(C)c(F)c1.I. The number of nitriles is 1. The Labute approximate surface area is 175 Å². The van der Waals surface area contributed by atoms with E-state index >= 15 is 0 Å². The Morgan fingerprint density at radius 2 is 1.93 bits per heavy atom. The quantitative estimate of drug-likeness (QED) is 0.371. The zero-order chi connectivity index (χ0) is 19.1. The third-order valence-electron chi connectivity index (χ3n) is 3.98. The molecule has 0 fully saturated rings. The first-order valence-corrected chi connectivity index (χ1v) is 8.44. The molecule has 2 aromatic rings. The topological polar surface area (TPSA) is 60.2 Å². The third kappa shape index (κ3) is 6.47. The van der Waals surface area contributed by atoms with E-state index in [0.29, 0.717) is 29.2 Å². The molecule has 1 unspecified atom stereocenters. The normalized spacial score (nSPS) is 11.9. The van der Waals surface area contributed by atoms with Gasteiger partial charge in [0.25, 0.3) is 0 Å². The second-order valence-electron chi connectivity index (χ2n) is 5.99. The summed E-state index contributed by atoms with van der Waals surface area (Å²) in [5.74, 6) is -0.173. The Morgan fingerprint density at radius 3 is 2.56 bits per heavy atom. The molecule has 0 radical (unpaired) electrons. The number of aryl methyl sites for hydroxylation is 1. The minimum absolute atomic E-state index is 0. The van der Waals surface area contributed by atoms with Gasteiger partial charge in [0.15, 0.2) is 5.96 Å². The Morgan fingerprint density at radius 1 is 1.19 bits per heavy atom. The van der Waals surface area contributed by atoms with Gasteiger partial charge in [-0.3, -0.25) is 0 Å². The summed E-state index contributed by atoms with van der Waals surface area (Å²) in [5, 5.41) is 15.2. The zero-order valence-electron chi connectivity index (χ0n) is 15.5. The second kappa shape index (κ2) is 10.8. The van der Waals surface area contributed by atoms with E-state index in [1.54, 1.807) is 13.0 Å². The van der Waals surface area contributed by atoms with E-state index < -0.39 is 5.82 Å². The van der Waals surface area contributed by atoms with Crippen LogP contribution in [0.15, 0.2) is 41.4 Å². The number of hydrogen-bond acceptors (Lipinski definition) is 2. The average molecular weight is 484 g/mol. The van der Waals surface area contributed by atoms with Crippen molar-refractivity contribution in [2.75, 3.05) is 6.54 Å². The number of hydrogen-bond donors (Lipinski definition) is 2. The van der Waals surface area contributed by atoms with E-state index in [1.807, 2.05) is 26.0 Å². The van der Waals surface area contributed by atoms with E-state index in [9.17, 15) is 8.78 Å². The molecule has 27 heavy (non-hydrogen) atoms. The largest absolute Gasteiger partial charge is 0.357 e. The molecule has 0 saturated heterocycles. The van der Waals surface area contributed by atoms with Crippen LogP contribution in [-0.4, -0.2) is 12.5 Å². The van der Waals surface area contributed by atoms with Crippen molar-refractivity contribution in [2.24, 2.45) is 4.99 Å². The predicted octanol–water partition coefficient (Wildman–Crippen LogP) is 4.58. The molecular formula is C20H23F2IN4. The summed E-state index contributed by atoms with van der Waals surface area (Å²) in [4.78, 5) is 4.38. The Hall–Kier alpha value is -2.21. The first-order valence-electron chi connectivity index (χ1n) is 8.44. The molecule has 1 atom stereocenters. The summed E-state index contributed by atoms with van der Waals surface area (Å²) in [6.07, 6.45) is 0. The summed E-state index contributed by atoms with van der Waals surface area (Å²) >= 11 is 0. The van der Waals surface area contributed by atoms with Crippen molar-refractivity contribution in [2.45, 2.75) is 33.4 Å². The fraction of sp³-hybridized carbons (Fsp3) is 0.300. The van der Waals surface area contributed by atoms with Gasteiger partial charge < -0.3 is 10.6 Å². The fourth-order valence-electron chi connectivity index (χ4n) is 2.42. The van der Waals surface area contributed by atoms with Crippen molar-refractivity contribution >= 4 is 29.9 Å². The maximum absolute atomic E-state index is 13.9. The molecule has 0 saturated carbocycles. The van der Waals surface area contributed by atoms with Crippen molar-refractivity contribution in [1.29, 1.82) is 5.26 Å². The van der Waals surface area contributed by atoms with Crippen LogP contribution in [0.2, 0.25) is 0 Å². The molecule has 0 spiro atoms. The van der Waals surface area contributed by atoms with Gasteiger partial charge in [0.1, 0.15) is 11.6 Å². The molecule has 0 heterocycles. The molecule has 0 aliphatic carbocycles. The highest BCUT2D eigenvalue weighted by atomic mass is 127. The van der Waals surface area contributed by atoms with Gasteiger partial charge in [-0.25, -0.2) is 13.8 Å². The highest BCUT2D eigenvalue weighted by Crippen LogP contribution is 2.16. The van der Waals surface area contributed by atoms with Crippen LogP contribution in [0, 0.1) is 29.9 Å². The molecule has 0 aliphatic rings. The standard InChI is InChI=1S/C20H22F2N4.HI/c1-4-24-20(25-12-17-9-15(11-23)6-8-18(17)21)26-14(3)16-7-5-13(2)19(22)10-16;/h5-10,14H,4,12H2,1-3H3,(H2,24,25,26);1H. The Balaban J connectivity index is 0.00000364. The van der Waals surface area contributed by atoms with Crippen molar-refractivity contribution < 1.29 is 8.78 Å². The third-order valence-corrected chi connectivity index (χ3v) is 3.98. The van der Waals surface area contributed by atoms with Gasteiger partial charge in [-0.15, -0.1) is 24.0 Å². The lowest BCUT2D eigenvalue weighted by atomic mass is 10.1. The molecule has 0 aromatic heterocycles. The van der Waals surface area contributed by atoms with E-state index in [-0.39, 0.29) is 42.4 Å². The van der Waals surface area contributed by atoms with Crippen molar-refractivity contribution in [1.82, 2.24) is 10.6 Å². The van der Waals surface area contributed by atoms with Crippen LogP contribution in [0.3, 0.4) is 0 Å². The number of aliphatic imine (C=N–C) groups is 1. The summed E-state index contributed by atoms with van der Waals surface area (Å²) in [6.45, 7) is 6.25. The lowest BCUT2D eigenvalue weighted by Gasteiger charge is -2.18. The first kappa shape index (κ1) is 22.8. The summed E-state index contributed by atoms with van der Waals surface area (Å²) in [7, 11) is 0. The summed E-state index contributed by atoms with van der Waals surface area (Å²) < 4.78 is 27.7. The van der Waals surface area contributed by atoms with Gasteiger partial charge in [0, 0.05) is 12.1 Å². The smallest absolute Gasteiger partial charge is 0.192 e. The van der Waals surface area contributed by atoms with E-state index in [1.165, 1.54) is 24.3 Å². The van der Waals surface area contributed by atoms with Crippen molar-refractivity contribution in [3.8, 4) is 6.07 Å². The highest BCUT2D eigenvalue weighted by Gasteiger charge is 2.10. The number of benzene rings is 2. The average Bonchev–Trinajstić information content (AvgIpc) is 2.63. The van der Waals surface area contributed by atoms with Crippen LogP contribution in [0.5, 0.6) is 0 Å². The first-order chi connectivity index (χ1) is 12.4. The maximum atomic E-state index is 13.9. The second-order valence-corrected chi connectivity index (χ2v) is 5.99. The van der Waals surface area contributed by atoms with E-state index in [4.69, 9.17) is 5.26 Å². The predicted molar refractivity (Wildman–Crippen MR) is 114 cm³/mol. The number of guanidine groups is 1. The molecule has 144 valence electrons. The molecule has 0 aliphatic heterocycles. The van der Waals surface area contributed by atoms with Crippen LogP contribution in [0.25, 0.3) is 0 Å². The monoisotopic (exact) mass is 484 g/mol. The zero-order valence-corrected chi connectivity index (χ0v) is 17.8. The lowest BCUT2D eigenvalue weighted by Crippen LogP contribution is -2.38. The Bertz CT molecular complexity index is 846. The van der Waals surface area contributed by atoms with Crippen LogP contribution in [0.1, 0.15) is 42.1 Å². The molecule has 2 aromatic carbocycles. The number of nitrogens with one attached hydrogen (secondary N) is 2. The molecule has 0 amide bonds. The lowest BCUT2D eigenvalue weighted by molar-refractivity contribution is 0.605. The van der Waals surface area contributed by atoms with Crippen LogP contribution in [0.4, 0.5) is 8.78 Å². The number of rotatable bonds is 5. The van der Waals surface area contributed by atoms with Gasteiger partial charge in [-0.05, 0) is 56.2 Å². The molecular weight excluding hydrogens is 461 g/mol. The van der Waals surface area contributed by atoms with Gasteiger partial charge in [-0.1, -0.05) is 12.1 Å². The maximum Gasteiger partial charge on any atom is 0.192 e. The highest BCUT2D eigenvalue weighted by molar-refractivity contribution is 14.0. The van der Waals surface area contributed by atoms with Crippen molar-refractivity contribution in [3.63, 3.8) is 0 Å².